The molecule has 0 unspecified atom stereocenters. The van der Waals surface area contributed by atoms with Gasteiger partial charge < -0.3 is 5.32 Å². The minimum Gasteiger partial charge on any atom is -0.323 e. The third kappa shape index (κ3) is 5.40. The Kier molecular flexibility index (Phi) is 7.27. The summed E-state index contributed by atoms with van der Waals surface area (Å²) in [6.07, 6.45) is 0.723. The highest BCUT2D eigenvalue weighted by atomic mass is 35.5. The molecule has 0 spiro atoms. The van der Waals surface area contributed by atoms with Crippen molar-refractivity contribution in [1.82, 2.24) is 9.55 Å². The Balaban J connectivity index is 1.85. The lowest BCUT2D eigenvalue weighted by Crippen LogP contribution is -2.25. The topological polar surface area (TPSA) is 64.0 Å². The summed E-state index contributed by atoms with van der Waals surface area (Å²) in [5.41, 5.74) is -0.329. The minimum absolute atomic E-state index is 0.224. The van der Waals surface area contributed by atoms with Crippen molar-refractivity contribution in [3.05, 3.63) is 63.2 Å². The number of hydrogen-bond donors (Lipinski definition) is 1. The van der Waals surface area contributed by atoms with E-state index in [-0.39, 0.29) is 11.3 Å². The van der Waals surface area contributed by atoms with Crippen molar-refractivity contribution < 1.29 is 18.0 Å². The number of thioether (sulfide) groups is 1. The molecule has 3 rings (SSSR count). The van der Waals surface area contributed by atoms with E-state index in [1.54, 1.807) is 18.2 Å². The minimum atomic E-state index is -1.67. The molecule has 0 saturated carbocycles. The molecule has 1 amide bonds. The van der Waals surface area contributed by atoms with Crippen LogP contribution in [0.4, 0.5) is 18.9 Å². The van der Waals surface area contributed by atoms with E-state index in [1.165, 1.54) is 4.57 Å². The van der Waals surface area contributed by atoms with Gasteiger partial charge in [-0.15, -0.1) is 0 Å². The predicted molar refractivity (Wildman–Crippen MR) is 116 cm³/mol. The van der Waals surface area contributed by atoms with Gasteiger partial charge in [0, 0.05) is 11.6 Å². The summed E-state index contributed by atoms with van der Waals surface area (Å²) in [5.74, 6) is -5.04. The van der Waals surface area contributed by atoms with Gasteiger partial charge >= 0.3 is 0 Å². The lowest BCUT2D eigenvalue weighted by atomic mass is 10.1. The number of nitrogens with zero attached hydrogens (tertiary/aromatic N) is 2. The van der Waals surface area contributed by atoms with Crippen LogP contribution in [-0.2, 0) is 11.3 Å². The van der Waals surface area contributed by atoms with Gasteiger partial charge in [-0.2, -0.15) is 0 Å². The number of hydrogen-bond acceptors (Lipinski definition) is 4. The monoisotopic (exact) mass is 469 g/mol. The number of fused-ring (bicyclic) bond motifs is 1. The van der Waals surface area contributed by atoms with Gasteiger partial charge in [0.05, 0.1) is 22.3 Å². The van der Waals surface area contributed by atoms with E-state index in [1.807, 2.05) is 13.8 Å². The standard InChI is InChI=1S/C21H19ClF3N3O2S/c1-11(2)7-8-28-20(30)13-4-3-12(22)9-16(13)27-21(28)31-10-17(29)26-15-6-5-14(23)18(24)19(15)25/h3-6,9,11H,7-8,10H2,1-2H3,(H,26,29). The zero-order chi connectivity index (χ0) is 22.7. The van der Waals surface area contributed by atoms with Crippen LogP contribution in [0.25, 0.3) is 10.9 Å². The quantitative estimate of drug-likeness (QED) is 0.292. The molecule has 2 aromatic carbocycles. The molecular weight excluding hydrogens is 451 g/mol. The van der Waals surface area contributed by atoms with Crippen LogP contribution in [0.15, 0.2) is 40.3 Å². The van der Waals surface area contributed by atoms with Crippen LogP contribution in [0.3, 0.4) is 0 Å². The third-order valence-corrected chi connectivity index (χ3v) is 5.67. The number of rotatable bonds is 7. The molecule has 1 heterocycles. The molecule has 3 aromatic rings. The second-order valence-corrected chi connectivity index (χ2v) is 8.63. The largest absolute Gasteiger partial charge is 0.323 e. The summed E-state index contributed by atoms with van der Waals surface area (Å²) in [6, 6.07) is 6.43. The smallest absolute Gasteiger partial charge is 0.262 e. The first-order chi connectivity index (χ1) is 14.7. The molecule has 10 heteroatoms. The van der Waals surface area contributed by atoms with E-state index in [4.69, 9.17) is 11.6 Å². The van der Waals surface area contributed by atoms with E-state index in [9.17, 15) is 22.8 Å². The van der Waals surface area contributed by atoms with Gasteiger partial charge in [0.25, 0.3) is 5.56 Å². The Morgan fingerprint density at radius 3 is 2.65 bits per heavy atom. The molecule has 5 nitrogen and oxygen atoms in total. The number of anilines is 1. The average molecular weight is 470 g/mol. The highest BCUT2D eigenvalue weighted by Gasteiger charge is 2.17. The van der Waals surface area contributed by atoms with Crippen molar-refractivity contribution in [1.29, 1.82) is 0 Å². The molecule has 0 aliphatic carbocycles. The van der Waals surface area contributed by atoms with Gasteiger partial charge in [-0.1, -0.05) is 37.2 Å². The fourth-order valence-corrected chi connectivity index (χ4v) is 3.80. The van der Waals surface area contributed by atoms with E-state index in [2.05, 4.69) is 10.3 Å². The van der Waals surface area contributed by atoms with E-state index in [0.717, 1.165) is 30.3 Å². The number of halogens is 4. The van der Waals surface area contributed by atoms with E-state index >= 15 is 0 Å². The Morgan fingerprint density at radius 2 is 1.94 bits per heavy atom. The second kappa shape index (κ2) is 9.74. The summed E-state index contributed by atoms with van der Waals surface area (Å²) in [7, 11) is 0. The van der Waals surface area contributed by atoms with Crippen LogP contribution in [0.5, 0.6) is 0 Å². The maximum atomic E-state index is 13.8. The van der Waals surface area contributed by atoms with Crippen LogP contribution in [0.2, 0.25) is 5.02 Å². The van der Waals surface area contributed by atoms with Crippen molar-refractivity contribution in [2.45, 2.75) is 32.0 Å². The molecule has 0 bridgehead atoms. The summed E-state index contributed by atoms with van der Waals surface area (Å²) in [6.45, 7) is 4.45. The molecule has 164 valence electrons. The first kappa shape index (κ1) is 23.1. The van der Waals surface area contributed by atoms with Gasteiger partial charge in [0.1, 0.15) is 0 Å². The van der Waals surface area contributed by atoms with Gasteiger partial charge in [-0.05, 0) is 42.7 Å². The molecule has 31 heavy (non-hydrogen) atoms. The normalized spacial score (nSPS) is 11.3. The molecule has 0 atom stereocenters. The van der Waals surface area contributed by atoms with Crippen molar-refractivity contribution in [3.8, 4) is 0 Å². The predicted octanol–water partition coefficient (Wildman–Crippen LogP) is 5.24. The second-order valence-electron chi connectivity index (χ2n) is 7.25. The van der Waals surface area contributed by atoms with E-state index in [0.29, 0.717) is 33.5 Å². The highest BCUT2D eigenvalue weighted by molar-refractivity contribution is 7.99. The highest BCUT2D eigenvalue weighted by Crippen LogP contribution is 2.23. The molecule has 0 aliphatic heterocycles. The number of benzene rings is 2. The van der Waals surface area contributed by atoms with E-state index < -0.39 is 29.0 Å². The SMILES string of the molecule is CC(C)CCn1c(SCC(=O)Nc2ccc(F)c(F)c2F)nc2cc(Cl)ccc2c1=O. The van der Waals surface area contributed by atoms with Gasteiger partial charge in [0.2, 0.25) is 5.91 Å². The Morgan fingerprint density at radius 1 is 1.19 bits per heavy atom. The summed E-state index contributed by atoms with van der Waals surface area (Å²) in [4.78, 5) is 29.7. The molecule has 1 N–H and O–H groups in total. The van der Waals surface area contributed by atoms with Crippen LogP contribution in [0, 0.1) is 23.4 Å². The Labute approximate surface area is 185 Å². The fourth-order valence-electron chi connectivity index (χ4n) is 2.81. The molecule has 1 aromatic heterocycles. The molecular formula is C21H19ClF3N3O2S. The lowest BCUT2D eigenvalue weighted by molar-refractivity contribution is -0.113. The van der Waals surface area contributed by atoms with Crippen LogP contribution in [-0.4, -0.2) is 21.2 Å². The number of carbonyl (C=O) groups is 1. The van der Waals surface area contributed by atoms with Crippen molar-refractivity contribution in [2.24, 2.45) is 5.92 Å². The molecule has 0 radical (unpaired) electrons. The van der Waals surface area contributed by atoms with Gasteiger partial charge in [0.15, 0.2) is 22.6 Å². The zero-order valence-corrected chi connectivity index (χ0v) is 18.3. The lowest BCUT2D eigenvalue weighted by Gasteiger charge is -2.14. The number of amides is 1. The maximum absolute atomic E-state index is 13.8. The van der Waals surface area contributed by atoms with Gasteiger partial charge in [-0.3, -0.25) is 14.2 Å². The summed E-state index contributed by atoms with van der Waals surface area (Å²) < 4.78 is 41.7. The van der Waals surface area contributed by atoms with Crippen LogP contribution in [0.1, 0.15) is 20.3 Å². The van der Waals surface area contributed by atoms with Crippen LogP contribution < -0.4 is 10.9 Å². The van der Waals surface area contributed by atoms with Crippen molar-refractivity contribution in [2.75, 3.05) is 11.1 Å². The zero-order valence-electron chi connectivity index (χ0n) is 16.7. The number of carbonyl (C=O) groups excluding carboxylic acids is 1. The molecule has 0 aliphatic rings. The van der Waals surface area contributed by atoms with Crippen LogP contribution >= 0.6 is 23.4 Å². The first-order valence-corrected chi connectivity index (χ1v) is 10.8. The van der Waals surface area contributed by atoms with Gasteiger partial charge in [-0.25, -0.2) is 18.2 Å². The summed E-state index contributed by atoms with van der Waals surface area (Å²) >= 11 is 6.99. The Bertz CT molecular complexity index is 1200. The maximum Gasteiger partial charge on any atom is 0.262 e. The molecule has 0 fully saturated rings. The first-order valence-electron chi connectivity index (χ1n) is 9.43. The fraction of sp³-hybridized carbons (Fsp3) is 0.286. The third-order valence-electron chi connectivity index (χ3n) is 4.45. The summed E-state index contributed by atoms with van der Waals surface area (Å²) in [5, 5.41) is 3.33. The number of aromatic nitrogens is 2. The average Bonchev–Trinajstić information content (AvgIpc) is 2.71. The van der Waals surface area contributed by atoms with Crippen molar-refractivity contribution >= 4 is 45.9 Å². The molecule has 0 saturated heterocycles. The number of nitrogens with one attached hydrogen (secondary N) is 1. The van der Waals surface area contributed by atoms with Crippen molar-refractivity contribution in [3.63, 3.8) is 0 Å². The Hall–Kier alpha value is -2.52.